The Bertz CT molecular complexity index is 692. The molecule has 0 aliphatic heterocycles. The fraction of sp³-hybridized carbons (Fsp3) is 0.652. The largest absolute Gasteiger partial charge is 0.353 e. The lowest BCUT2D eigenvalue weighted by Gasteiger charge is -2.36. The van der Waals surface area contributed by atoms with Gasteiger partial charge in [0.1, 0.15) is 5.82 Å². The molecule has 2 saturated carbocycles. The third kappa shape index (κ3) is 6.39. The highest BCUT2D eigenvalue weighted by Crippen LogP contribution is 2.25. The number of hydrogen-bond acceptors (Lipinski definition) is 2. The third-order valence-electron chi connectivity index (χ3n) is 6.43. The van der Waals surface area contributed by atoms with E-state index in [1.165, 1.54) is 44.6 Å². The summed E-state index contributed by atoms with van der Waals surface area (Å²) in [4.78, 5) is 14.5. The van der Waals surface area contributed by atoms with E-state index in [-0.39, 0.29) is 24.3 Å². The second kappa shape index (κ2) is 10.9. The second-order valence-electron chi connectivity index (χ2n) is 8.61. The zero-order valence-electron chi connectivity index (χ0n) is 17.5. The maximum atomic E-state index is 14.2. The average molecular weight is 420 g/mol. The summed E-state index contributed by atoms with van der Waals surface area (Å²) < 4.78 is 14.2. The molecule has 0 spiro atoms. The fourth-order valence-electron chi connectivity index (χ4n) is 4.62. The van der Waals surface area contributed by atoms with Crippen LogP contribution in [-0.4, -0.2) is 34.5 Å². The van der Waals surface area contributed by atoms with Gasteiger partial charge < -0.3 is 15.5 Å². The summed E-state index contributed by atoms with van der Waals surface area (Å²) in [5, 5.41) is 6.86. The standard InChI is InChI=1S/C23H34FN3OS/c1-17-9-5-8-14-21(17)26-22(28)15-25-23(29)27(19-11-3-2-4-12-19)16-18-10-6-7-13-20(18)24/h6-7,10,13,17,19,21H,2-5,8-9,11-12,14-16H2,1H3,(H,25,29)(H,26,28). The van der Waals surface area contributed by atoms with Crippen molar-refractivity contribution in [3.63, 3.8) is 0 Å². The lowest BCUT2D eigenvalue weighted by molar-refractivity contribution is -0.121. The van der Waals surface area contributed by atoms with E-state index in [1.54, 1.807) is 6.07 Å². The van der Waals surface area contributed by atoms with E-state index in [0.717, 1.165) is 19.3 Å². The van der Waals surface area contributed by atoms with Gasteiger partial charge in [-0.05, 0) is 49.9 Å². The summed E-state index contributed by atoms with van der Waals surface area (Å²) >= 11 is 5.66. The van der Waals surface area contributed by atoms with Crippen molar-refractivity contribution in [2.45, 2.75) is 83.3 Å². The van der Waals surface area contributed by atoms with Crippen LogP contribution in [0.15, 0.2) is 24.3 Å². The van der Waals surface area contributed by atoms with E-state index in [9.17, 15) is 9.18 Å². The van der Waals surface area contributed by atoms with Crippen LogP contribution in [0.5, 0.6) is 0 Å². The molecule has 2 aliphatic rings. The number of thiocarbonyl (C=S) groups is 1. The van der Waals surface area contributed by atoms with Crippen LogP contribution < -0.4 is 10.6 Å². The van der Waals surface area contributed by atoms with Crippen LogP contribution in [0, 0.1) is 11.7 Å². The minimum Gasteiger partial charge on any atom is -0.353 e. The molecule has 0 aromatic heterocycles. The minimum atomic E-state index is -0.208. The van der Waals surface area contributed by atoms with Crippen LogP contribution in [0.2, 0.25) is 0 Å². The number of carbonyl (C=O) groups is 1. The van der Waals surface area contributed by atoms with Gasteiger partial charge in [-0.3, -0.25) is 4.79 Å². The van der Waals surface area contributed by atoms with Crippen molar-refractivity contribution in [2.75, 3.05) is 6.54 Å². The predicted molar refractivity (Wildman–Crippen MR) is 119 cm³/mol. The summed E-state index contributed by atoms with van der Waals surface area (Å²) in [6, 6.07) is 7.42. The Labute approximate surface area is 179 Å². The summed E-state index contributed by atoms with van der Waals surface area (Å²) in [6.07, 6.45) is 10.4. The van der Waals surface area contributed by atoms with E-state index in [0.29, 0.717) is 29.2 Å². The first-order valence-corrected chi connectivity index (χ1v) is 11.5. The van der Waals surface area contributed by atoms with E-state index in [2.05, 4.69) is 22.5 Å². The molecule has 1 amide bonds. The molecule has 2 unspecified atom stereocenters. The Balaban J connectivity index is 1.58. The average Bonchev–Trinajstić information content (AvgIpc) is 2.74. The Morgan fingerprint density at radius 2 is 1.79 bits per heavy atom. The van der Waals surface area contributed by atoms with Crippen molar-refractivity contribution in [1.82, 2.24) is 15.5 Å². The van der Waals surface area contributed by atoms with Gasteiger partial charge in [-0.25, -0.2) is 4.39 Å². The number of amides is 1. The SMILES string of the molecule is CC1CCCCC1NC(=O)CNC(=S)N(Cc1ccccc1F)C1CCCCC1. The van der Waals surface area contributed by atoms with Crippen molar-refractivity contribution in [3.8, 4) is 0 Å². The fourth-order valence-corrected chi connectivity index (χ4v) is 4.90. The highest BCUT2D eigenvalue weighted by Gasteiger charge is 2.26. The number of nitrogens with one attached hydrogen (secondary N) is 2. The molecule has 2 aliphatic carbocycles. The summed E-state index contributed by atoms with van der Waals surface area (Å²) in [6.45, 7) is 2.81. The molecule has 6 heteroatoms. The van der Waals surface area contributed by atoms with Gasteiger partial charge in [-0.15, -0.1) is 0 Å². The van der Waals surface area contributed by atoms with Crippen molar-refractivity contribution in [3.05, 3.63) is 35.6 Å². The number of carbonyl (C=O) groups excluding carboxylic acids is 1. The normalized spacial score (nSPS) is 22.7. The van der Waals surface area contributed by atoms with Crippen LogP contribution in [0.3, 0.4) is 0 Å². The Morgan fingerprint density at radius 1 is 1.10 bits per heavy atom. The smallest absolute Gasteiger partial charge is 0.239 e. The van der Waals surface area contributed by atoms with E-state index in [4.69, 9.17) is 12.2 Å². The van der Waals surface area contributed by atoms with Crippen LogP contribution in [0.4, 0.5) is 4.39 Å². The van der Waals surface area contributed by atoms with Gasteiger partial charge in [-0.2, -0.15) is 0 Å². The maximum absolute atomic E-state index is 14.2. The third-order valence-corrected chi connectivity index (χ3v) is 6.81. The highest BCUT2D eigenvalue weighted by atomic mass is 32.1. The van der Waals surface area contributed by atoms with E-state index >= 15 is 0 Å². The number of halogens is 1. The van der Waals surface area contributed by atoms with Crippen LogP contribution in [-0.2, 0) is 11.3 Å². The Morgan fingerprint density at radius 3 is 2.52 bits per heavy atom. The molecule has 2 N–H and O–H groups in total. The van der Waals surface area contributed by atoms with Crippen LogP contribution in [0.1, 0.15) is 70.3 Å². The molecule has 29 heavy (non-hydrogen) atoms. The zero-order chi connectivity index (χ0) is 20.6. The quantitative estimate of drug-likeness (QED) is 0.665. The Hall–Kier alpha value is -1.69. The molecule has 0 bridgehead atoms. The van der Waals surface area contributed by atoms with Gasteiger partial charge >= 0.3 is 0 Å². The van der Waals surface area contributed by atoms with Crippen molar-refractivity contribution < 1.29 is 9.18 Å². The number of hydrogen-bond donors (Lipinski definition) is 2. The molecule has 2 fully saturated rings. The molecule has 0 radical (unpaired) electrons. The van der Waals surface area contributed by atoms with E-state index in [1.807, 2.05) is 12.1 Å². The highest BCUT2D eigenvalue weighted by molar-refractivity contribution is 7.80. The molecule has 0 saturated heterocycles. The van der Waals surface area contributed by atoms with Gasteiger partial charge in [0.15, 0.2) is 5.11 Å². The van der Waals surface area contributed by atoms with Gasteiger partial charge in [0, 0.05) is 24.2 Å². The van der Waals surface area contributed by atoms with E-state index < -0.39 is 0 Å². The molecule has 0 heterocycles. The van der Waals surface area contributed by atoms with Crippen molar-refractivity contribution >= 4 is 23.2 Å². The zero-order valence-corrected chi connectivity index (χ0v) is 18.3. The first-order valence-electron chi connectivity index (χ1n) is 11.1. The molecule has 1 aromatic carbocycles. The summed E-state index contributed by atoms with van der Waals surface area (Å²) in [5.41, 5.74) is 0.641. The Kier molecular flexibility index (Phi) is 8.28. The van der Waals surface area contributed by atoms with Gasteiger partial charge in [0.25, 0.3) is 0 Å². The lowest BCUT2D eigenvalue weighted by atomic mass is 9.86. The summed E-state index contributed by atoms with van der Waals surface area (Å²) in [5.74, 6) is 0.306. The van der Waals surface area contributed by atoms with Gasteiger partial charge in [-0.1, -0.05) is 57.2 Å². The molecule has 4 nitrogen and oxygen atoms in total. The van der Waals surface area contributed by atoms with Crippen LogP contribution >= 0.6 is 12.2 Å². The monoisotopic (exact) mass is 419 g/mol. The van der Waals surface area contributed by atoms with Gasteiger partial charge in [0.2, 0.25) is 5.91 Å². The predicted octanol–water partition coefficient (Wildman–Crippen LogP) is 4.53. The number of benzene rings is 1. The van der Waals surface area contributed by atoms with Crippen molar-refractivity contribution in [2.24, 2.45) is 5.92 Å². The molecule has 160 valence electrons. The molecular weight excluding hydrogens is 385 g/mol. The van der Waals surface area contributed by atoms with Crippen molar-refractivity contribution in [1.29, 1.82) is 0 Å². The topological polar surface area (TPSA) is 44.4 Å². The molecule has 3 rings (SSSR count). The van der Waals surface area contributed by atoms with Gasteiger partial charge in [0.05, 0.1) is 6.54 Å². The number of nitrogens with zero attached hydrogens (tertiary/aromatic N) is 1. The first-order chi connectivity index (χ1) is 14.0. The lowest BCUT2D eigenvalue weighted by Crippen LogP contribution is -2.50. The second-order valence-corrected chi connectivity index (χ2v) is 8.99. The molecular formula is C23H34FN3OS. The molecule has 2 atom stereocenters. The summed E-state index contributed by atoms with van der Waals surface area (Å²) in [7, 11) is 0. The molecule has 1 aromatic rings. The maximum Gasteiger partial charge on any atom is 0.239 e. The minimum absolute atomic E-state index is 0.0133. The first kappa shape index (κ1) is 22.0. The van der Waals surface area contributed by atoms with Crippen LogP contribution in [0.25, 0.3) is 0 Å². The number of rotatable bonds is 6.